The van der Waals surface area contributed by atoms with Crippen molar-refractivity contribution in [1.82, 2.24) is 24.0 Å². The Morgan fingerprint density at radius 3 is 2.48 bits per heavy atom. The zero-order chi connectivity index (χ0) is 22.0. The summed E-state index contributed by atoms with van der Waals surface area (Å²) in [5.74, 6) is 0.494. The summed E-state index contributed by atoms with van der Waals surface area (Å²) >= 11 is 0. The third-order valence-electron chi connectivity index (χ3n) is 6.32. The van der Waals surface area contributed by atoms with Gasteiger partial charge < -0.3 is 9.88 Å². The van der Waals surface area contributed by atoms with Gasteiger partial charge in [-0.15, -0.1) is 0 Å². The second kappa shape index (κ2) is 8.91. The van der Waals surface area contributed by atoms with E-state index in [0.717, 1.165) is 11.0 Å². The molecule has 2 aromatic heterocycles. The molecule has 1 saturated carbocycles. The van der Waals surface area contributed by atoms with E-state index in [-0.39, 0.29) is 23.6 Å². The van der Waals surface area contributed by atoms with Crippen LogP contribution in [0.4, 0.5) is 0 Å². The first-order valence-corrected chi connectivity index (χ1v) is 10.9. The molecule has 4 rings (SSSR count). The lowest BCUT2D eigenvalue weighted by atomic mass is 9.84. The van der Waals surface area contributed by atoms with Crippen LogP contribution in [0.3, 0.4) is 0 Å². The highest BCUT2D eigenvalue weighted by Crippen LogP contribution is 2.32. The monoisotopic (exact) mass is 423 g/mol. The fourth-order valence-electron chi connectivity index (χ4n) is 4.47. The topological polar surface area (TPSA) is 90.9 Å². The summed E-state index contributed by atoms with van der Waals surface area (Å²) in [6.07, 6.45) is 8.76. The van der Waals surface area contributed by atoms with Gasteiger partial charge in [0.2, 0.25) is 5.91 Å². The Morgan fingerprint density at radius 2 is 1.77 bits per heavy atom. The molecule has 1 aliphatic rings. The van der Waals surface area contributed by atoms with Crippen LogP contribution in [0.1, 0.15) is 49.1 Å². The summed E-state index contributed by atoms with van der Waals surface area (Å²) in [4.78, 5) is 41.0. The minimum Gasteiger partial charge on any atom is -0.354 e. The normalized spacial score (nSPS) is 14.8. The van der Waals surface area contributed by atoms with Gasteiger partial charge >= 0.3 is 5.69 Å². The summed E-state index contributed by atoms with van der Waals surface area (Å²) in [5, 5.41) is 2.91. The van der Waals surface area contributed by atoms with Crippen LogP contribution >= 0.6 is 0 Å². The Kier molecular flexibility index (Phi) is 6.06. The van der Waals surface area contributed by atoms with Crippen molar-refractivity contribution in [2.45, 2.75) is 51.0 Å². The van der Waals surface area contributed by atoms with Gasteiger partial charge in [-0.3, -0.25) is 18.7 Å². The summed E-state index contributed by atoms with van der Waals surface area (Å²) < 4.78 is 3.82. The van der Waals surface area contributed by atoms with Crippen molar-refractivity contribution in [2.75, 3.05) is 6.54 Å². The summed E-state index contributed by atoms with van der Waals surface area (Å²) in [6.45, 7) is 0.495. The van der Waals surface area contributed by atoms with Crippen LogP contribution in [0.15, 0.2) is 40.2 Å². The maximum absolute atomic E-state index is 12.5. The van der Waals surface area contributed by atoms with Crippen LogP contribution < -0.4 is 16.6 Å². The number of aryl methyl sites for hydroxylation is 1. The molecule has 1 aromatic carbocycles. The lowest BCUT2D eigenvalue weighted by Gasteiger charge is -2.22. The molecule has 1 amide bonds. The van der Waals surface area contributed by atoms with E-state index in [9.17, 15) is 14.4 Å². The largest absolute Gasteiger partial charge is 0.354 e. The van der Waals surface area contributed by atoms with Crippen molar-refractivity contribution in [1.29, 1.82) is 0 Å². The minimum atomic E-state index is -0.457. The van der Waals surface area contributed by atoms with E-state index < -0.39 is 11.2 Å². The smallest absolute Gasteiger partial charge is 0.332 e. The number of nitrogens with one attached hydrogen (secondary N) is 1. The number of fused-ring (bicyclic) bond motifs is 1. The second-order valence-electron chi connectivity index (χ2n) is 8.43. The molecule has 164 valence electrons. The van der Waals surface area contributed by atoms with Crippen molar-refractivity contribution in [3.8, 4) is 0 Å². The fraction of sp³-hybridized carbons (Fsp3) is 0.478. The molecular weight excluding hydrogens is 394 g/mol. The zero-order valence-corrected chi connectivity index (χ0v) is 18.1. The van der Waals surface area contributed by atoms with Crippen LogP contribution in [0.2, 0.25) is 0 Å². The van der Waals surface area contributed by atoms with Crippen molar-refractivity contribution in [3.05, 3.63) is 62.6 Å². The Morgan fingerprint density at radius 1 is 1.06 bits per heavy atom. The van der Waals surface area contributed by atoms with Gasteiger partial charge in [0.05, 0.1) is 6.33 Å². The molecule has 0 unspecified atom stereocenters. The van der Waals surface area contributed by atoms with Gasteiger partial charge in [0, 0.05) is 20.6 Å². The van der Waals surface area contributed by atoms with Gasteiger partial charge in [0.15, 0.2) is 11.2 Å². The predicted molar refractivity (Wildman–Crippen MR) is 119 cm³/mol. The van der Waals surface area contributed by atoms with Gasteiger partial charge in [-0.05, 0) is 36.3 Å². The van der Waals surface area contributed by atoms with E-state index in [2.05, 4.69) is 34.6 Å². The molecule has 1 N–H and O–H groups in total. The molecule has 0 aliphatic heterocycles. The first-order chi connectivity index (χ1) is 15.0. The SMILES string of the molecule is Cn1c(=O)c2c(ncn2CC(=O)NCCc2ccc(C3CCCCC3)cc2)n(C)c1=O. The Hall–Kier alpha value is -3.16. The van der Waals surface area contributed by atoms with Crippen LogP contribution in [-0.4, -0.2) is 31.1 Å². The number of hydrogen-bond acceptors (Lipinski definition) is 4. The summed E-state index contributed by atoms with van der Waals surface area (Å²) in [6, 6.07) is 8.77. The first-order valence-electron chi connectivity index (χ1n) is 10.9. The van der Waals surface area contributed by atoms with Gasteiger partial charge in [-0.25, -0.2) is 9.78 Å². The Balaban J connectivity index is 1.35. The van der Waals surface area contributed by atoms with Crippen LogP contribution in [0, 0.1) is 0 Å². The Labute approximate surface area is 180 Å². The van der Waals surface area contributed by atoms with Crippen LogP contribution in [-0.2, 0) is 31.9 Å². The molecular formula is C23H29N5O3. The van der Waals surface area contributed by atoms with E-state index in [1.165, 1.54) is 65.7 Å². The van der Waals surface area contributed by atoms with Gasteiger partial charge in [-0.1, -0.05) is 43.5 Å². The molecule has 0 bridgehead atoms. The Bertz CT molecular complexity index is 1200. The van der Waals surface area contributed by atoms with E-state index in [1.807, 2.05) is 0 Å². The molecule has 2 heterocycles. The van der Waals surface area contributed by atoms with Crippen molar-refractivity contribution < 1.29 is 4.79 Å². The maximum atomic E-state index is 12.5. The molecule has 0 radical (unpaired) electrons. The molecule has 1 fully saturated rings. The van der Waals surface area contributed by atoms with Crippen LogP contribution in [0.5, 0.6) is 0 Å². The van der Waals surface area contributed by atoms with E-state index in [4.69, 9.17) is 0 Å². The van der Waals surface area contributed by atoms with Crippen molar-refractivity contribution in [2.24, 2.45) is 14.1 Å². The van der Waals surface area contributed by atoms with E-state index >= 15 is 0 Å². The van der Waals surface area contributed by atoms with Gasteiger partial charge in [0.25, 0.3) is 5.56 Å². The quantitative estimate of drug-likeness (QED) is 0.655. The average molecular weight is 424 g/mol. The highest BCUT2D eigenvalue weighted by Gasteiger charge is 2.16. The highest BCUT2D eigenvalue weighted by molar-refractivity contribution is 5.78. The third kappa shape index (κ3) is 4.33. The lowest BCUT2D eigenvalue weighted by Crippen LogP contribution is -2.38. The molecule has 31 heavy (non-hydrogen) atoms. The standard InChI is InChI=1S/C23H29N5O3/c1-26-21-20(22(30)27(2)23(26)31)28(15-25-21)14-19(29)24-13-12-16-8-10-18(11-9-16)17-6-4-3-5-7-17/h8-11,15,17H,3-7,12-14H2,1-2H3,(H,24,29). The van der Waals surface area contributed by atoms with Gasteiger partial charge in [0.1, 0.15) is 6.54 Å². The number of hydrogen-bond donors (Lipinski definition) is 1. The number of benzene rings is 1. The number of amides is 1. The number of rotatable bonds is 6. The highest BCUT2D eigenvalue weighted by atomic mass is 16.2. The average Bonchev–Trinajstić information content (AvgIpc) is 3.21. The zero-order valence-electron chi connectivity index (χ0n) is 18.1. The number of imidazole rings is 1. The number of nitrogens with zero attached hydrogens (tertiary/aromatic N) is 4. The van der Waals surface area contributed by atoms with E-state index in [1.54, 1.807) is 7.05 Å². The van der Waals surface area contributed by atoms with Crippen molar-refractivity contribution >= 4 is 17.1 Å². The second-order valence-corrected chi connectivity index (χ2v) is 8.43. The molecule has 1 aliphatic carbocycles. The first kappa shape index (κ1) is 21.1. The predicted octanol–water partition coefficient (Wildman–Crippen LogP) is 1.84. The number of carbonyl (C=O) groups is 1. The molecule has 8 heteroatoms. The van der Waals surface area contributed by atoms with Crippen LogP contribution in [0.25, 0.3) is 11.2 Å². The lowest BCUT2D eigenvalue weighted by molar-refractivity contribution is -0.121. The summed E-state index contributed by atoms with van der Waals surface area (Å²) in [7, 11) is 2.97. The molecule has 0 atom stereocenters. The molecule has 3 aromatic rings. The minimum absolute atomic E-state index is 0.0233. The molecule has 0 saturated heterocycles. The molecule has 8 nitrogen and oxygen atoms in total. The molecule has 0 spiro atoms. The fourth-order valence-corrected chi connectivity index (χ4v) is 4.47. The van der Waals surface area contributed by atoms with Gasteiger partial charge in [-0.2, -0.15) is 0 Å². The number of aromatic nitrogens is 4. The van der Waals surface area contributed by atoms with E-state index in [0.29, 0.717) is 12.5 Å². The summed E-state index contributed by atoms with van der Waals surface area (Å²) in [5.41, 5.74) is 2.24. The maximum Gasteiger partial charge on any atom is 0.332 e. The number of carbonyl (C=O) groups excluding carboxylic acids is 1. The third-order valence-corrected chi connectivity index (χ3v) is 6.32. The van der Waals surface area contributed by atoms with Crippen molar-refractivity contribution in [3.63, 3.8) is 0 Å².